The van der Waals surface area contributed by atoms with Gasteiger partial charge in [-0.2, -0.15) is 0 Å². The first-order chi connectivity index (χ1) is 12.0. The lowest BCUT2D eigenvalue weighted by Crippen LogP contribution is -2.32. The van der Waals surface area contributed by atoms with E-state index >= 15 is 0 Å². The molecule has 0 aromatic heterocycles. The normalized spacial score (nSPS) is 15.8. The molecule has 1 N–H and O–H groups in total. The van der Waals surface area contributed by atoms with Crippen LogP contribution in [0.5, 0.6) is 5.75 Å². The number of carbonyl (C=O) groups excluding carboxylic acids is 2. The van der Waals surface area contributed by atoms with Crippen molar-refractivity contribution in [3.05, 3.63) is 65.0 Å². The van der Waals surface area contributed by atoms with E-state index in [0.29, 0.717) is 18.6 Å². The molecule has 1 aliphatic rings. The zero-order valence-corrected chi connectivity index (χ0v) is 14.0. The van der Waals surface area contributed by atoms with Crippen molar-refractivity contribution in [2.75, 3.05) is 6.61 Å². The maximum absolute atomic E-state index is 12.9. The number of Topliss-reactive ketones (excluding diaryl/α,β-unsaturated/α-hetero) is 1. The summed E-state index contributed by atoms with van der Waals surface area (Å²) < 4.78 is 18.5. The molecule has 1 atom stereocenters. The van der Waals surface area contributed by atoms with Crippen LogP contribution in [0.1, 0.15) is 46.8 Å². The zero-order chi connectivity index (χ0) is 17.8. The average Bonchev–Trinajstić information content (AvgIpc) is 2.61. The molecular formula is C20H20FNO3. The number of halogens is 1. The number of ether oxygens (including phenoxy) is 1. The van der Waals surface area contributed by atoms with E-state index in [-0.39, 0.29) is 36.4 Å². The second kappa shape index (κ2) is 7.47. The van der Waals surface area contributed by atoms with E-state index in [1.54, 1.807) is 0 Å². The molecule has 5 heteroatoms. The molecule has 2 aromatic carbocycles. The van der Waals surface area contributed by atoms with Gasteiger partial charge in [0, 0.05) is 30.4 Å². The van der Waals surface area contributed by atoms with Gasteiger partial charge >= 0.3 is 0 Å². The van der Waals surface area contributed by atoms with Crippen molar-refractivity contribution >= 4 is 11.7 Å². The maximum Gasteiger partial charge on any atom is 0.220 e. The molecule has 0 radical (unpaired) electrons. The fourth-order valence-electron chi connectivity index (χ4n) is 2.94. The smallest absolute Gasteiger partial charge is 0.220 e. The van der Waals surface area contributed by atoms with Gasteiger partial charge in [0.25, 0.3) is 0 Å². The first kappa shape index (κ1) is 17.1. The average molecular weight is 341 g/mol. The highest BCUT2D eigenvalue weighted by Crippen LogP contribution is 2.32. The number of fused-ring (bicyclic) bond motifs is 1. The lowest BCUT2D eigenvalue weighted by molar-refractivity contribution is -0.122. The Labute approximate surface area is 146 Å². The summed E-state index contributed by atoms with van der Waals surface area (Å²) in [6.07, 6.45) is 0.907. The van der Waals surface area contributed by atoms with Crippen molar-refractivity contribution in [1.82, 2.24) is 5.32 Å². The third-order valence-corrected chi connectivity index (χ3v) is 4.29. The maximum atomic E-state index is 12.9. The third-order valence-electron chi connectivity index (χ3n) is 4.29. The molecule has 3 rings (SSSR count). The molecule has 1 unspecified atom stereocenters. The summed E-state index contributed by atoms with van der Waals surface area (Å²) >= 11 is 0. The summed E-state index contributed by atoms with van der Waals surface area (Å²) in [5.41, 5.74) is 2.50. The van der Waals surface area contributed by atoms with Crippen LogP contribution in [-0.4, -0.2) is 18.3 Å². The number of rotatable bonds is 5. The highest BCUT2D eigenvalue weighted by Gasteiger charge is 2.23. The summed E-state index contributed by atoms with van der Waals surface area (Å²) in [6.45, 7) is 2.55. The minimum absolute atomic E-state index is 0.0986. The van der Waals surface area contributed by atoms with Gasteiger partial charge in [-0.25, -0.2) is 4.39 Å². The van der Waals surface area contributed by atoms with E-state index in [9.17, 15) is 14.0 Å². The lowest BCUT2D eigenvalue weighted by atomic mass is 9.98. The SMILES string of the molecule is Cc1ccc2c(c1)C(NC(=O)CCC(=O)c1ccc(F)cc1)CCO2. The van der Waals surface area contributed by atoms with Crippen LogP contribution < -0.4 is 10.1 Å². The second-order valence-corrected chi connectivity index (χ2v) is 6.23. The highest BCUT2D eigenvalue weighted by atomic mass is 19.1. The van der Waals surface area contributed by atoms with Gasteiger partial charge in [-0.3, -0.25) is 9.59 Å². The molecule has 2 aromatic rings. The predicted octanol–water partition coefficient (Wildman–Crippen LogP) is 3.74. The van der Waals surface area contributed by atoms with Gasteiger partial charge in [-0.15, -0.1) is 0 Å². The Bertz CT molecular complexity index is 786. The Morgan fingerprint density at radius 2 is 1.92 bits per heavy atom. The van der Waals surface area contributed by atoms with Crippen LogP contribution in [0.4, 0.5) is 4.39 Å². The predicted molar refractivity (Wildman–Crippen MR) is 92.1 cm³/mol. The molecule has 130 valence electrons. The minimum Gasteiger partial charge on any atom is -0.493 e. The number of aryl methyl sites for hydroxylation is 1. The number of hydrogen-bond acceptors (Lipinski definition) is 3. The highest BCUT2D eigenvalue weighted by molar-refractivity contribution is 5.97. The van der Waals surface area contributed by atoms with Gasteiger partial charge in [-0.1, -0.05) is 17.7 Å². The van der Waals surface area contributed by atoms with Crippen LogP contribution in [0.3, 0.4) is 0 Å². The number of benzene rings is 2. The van der Waals surface area contributed by atoms with Crippen LogP contribution in [0, 0.1) is 12.7 Å². The summed E-state index contributed by atoms with van der Waals surface area (Å²) in [5.74, 6) is 0.0699. The van der Waals surface area contributed by atoms with Crippen molar-refractivity contribution in [1.29, 1.82) is 0 Å². The molecule has 0 saturated carbocycles. The van der Waals surface area contributed by atoms with Gasteiger partial charge in [0.1, 0.15) is 11.6 Å². The van der Waals surface area contributed by atoms with E-state index in [1.165, 1.54) is 24.3 Å². The number of ketones is 1. The minimum atomic E-state index is -0.386. The second-order valence-electron chi connectivity index (χ2n) is 6.23. The van der Waals surface area contributed by atoms with Gasteiger partial charge in [0.15, 0.2) is 5.78 Å². The fraction of sp³-hybridized carbons (Fsp3) is 0.300. The van der Waals surface area contributed by atoms with Crippen molar-refractivity contribution < 1.29 is 18.7 Å². The van der Waals surface area contributed by atoms with Crippen LogP contribution >= 0.6 is 0 Å². The van der Waals surface area contributed by atoms with Gasteiger partial charge < -0.3 is 10.1 Å². The topological polar surface area (TPSA) is 55.4 Å². The molecule has 1 aliphatic heterocycles. The van der Waals surface area contributed by atoms with Gasteiger partial charge in [0.2, 0.25) is 5.91 Å². The zero-order valence-electron chi connectivity index (χ0n) is 14.0. The molecule has 0 aliphatic carbocycles. The van der Waals surface area contributed by atoms with Gasteiger partial charge in [0.05, 0.1) is 12.6 Å². The first-order valence-electron chi connectivity index (χ1n) is 8.34. The summed E-state index contributed by atoms with van der Waals surface area (Å²) in [7, 11) is 0. The molecule has 0 bridgehead atoms. The summed E-state index contributed by atoms with van der Waals surface area (Å²) in [6, 6.07) is 11.2. The van der Waals surface area contributed by atoms with Crippen LogP contribution in [0.15, 0.2) is 42.5 Å². The molecule has 0 fully saturated rings. The Balaban J connectivity index is 1.58. The van der Waals surface area contributed by atoms with Crippen molar-refractivity contribution in [2.45, 2.75) is 32.2 Å². The molecule has 0 saturated heterocycles. The summed E-state index contributed by atoms with van der Waals surface area (Å²) in [4.78, 5) is 24.3. The van der Waals surface area contributed by atoms with E-state index in [0.717, 1.165) is 16.9 Å². The lowest BCUT2D eigenvalue weighted by Gasteiger charge is -2.27. The van der Waals surface area contributed by atoms with Crippen molar-refractivity contribution in [3.63, 3.8) is 0 Å². The molecule has 0 spiro atoms. The fourth-order valence-corrected chi connectivity index (χ4v) is 2.94. The largest absolute Gasteiger partial charge is 0.493 e. The van der Waals surface area contributed by atoms with E-state index in [4.69, 9.17) is 4.74 Å². The Morgan fingerprint density at radius 1 is 1.16 bits per heavy atom. The molecule has 1 heterocycles. The van der Waals surface area contributed by atoms with Crippen LogP contribution in [0.25, 0.3) is 0 Å². The molecule has 4 nitrogen and oxygen atoms in total. The van der Waals surface area contributed by atoms with Crippen LogP contribution in [0.2, 0.25) is 0 Å². The summed E-state index contributed by atoms with van der Waals surface area (Å²) in [5, 5.41) is 2.99. The number of amides is 1. The van der Waals surface area contributed by atoms with E-state index < -0.39 is 0 Å². The molecular weight excluding hydrogens is 321 g/mol. The third kappa shape index (κ3) is 4.24. The standard InChI is InChI=1S/C20H20FNO3/c1-13-2-8-19-16(12-13)17(10-11-25-19)22-20(24)9-7-18(23)14-3-5-15(21)6-4-14/h2-6,8,12,17H,7,9-11H2,1H3,(H,22,24). The Hall–Kier alpha value is -2.69. The van der Waals surface area contributed by atoms with Gasteiger partial charge in [-0.05, 0) is 37.3 Å². The van der Waals surface area contributed by atoms with Crippen molar-refractivity contribution in [2.24, 2.45) is 0 Å². The first-order valence-corrected chi connectivity index (χ1v) is 8.34. The quantitative estimate of drug-likeness (QED) is 0.843. The number of carbonyl (C=O) groups is 2. The van der Waals surface area contributed by atoms with Crippen LogP contribution in [-0.2, 0) is 4.79 Å². The van der Waals surface area contributed by atoms with E-state index in [1.807, 2.05) is 25.1 Å². The Kier molecular flexibility index (Phi) is 5.12. The molecule has 25 heavy (non-hydrogen) atoms. The van der Waals surface area contributed by atoms with Crippen molar-refractivity contribution in [3.8, 4) is 5.75 Å². The number of nitrogens with one attached hydrogen (secondary N) is 1. The van der Waals surface area contributed by atoms with E-state index in [2.05, 4.69) is 5.32 Å². The Morgan fingerprint density at radius 3 is 2.68 bits per heavy atom. The number of hydrogen-bond donors (Lipinski definition) is 1. The molecule has 1 amide bonds. The monoisotopic (exact) mass is 341 g/mol.